The monoisotopic (exact) mass is 856 g/mol. The van der Waals surface area contributed by atoms with Crippen LogP contribution in [0.25, 0.3) is 0 Å². The summed E-state index contributed by atoms with van der Waals surface area (Å²) < 4.78 is 97.9. The van der Waals surface area contributed by atoms with Gasteiger partial charge >= 0.3 is 12.7 Å². The van der Waals surface area contributed by atoms with E-state index < -0.39 is 12.7 Å². The highest BCUT2D eigenvalue weighted by Gasteiger charge is 2.34. The third-order valence-electron chi connectivity index (χ3n) is 10.4. The van der Waals surface area contributed by atoms with Crippen molar-refractivity contribution in [3.8, 4) is 23.0 Å². The largest absolute Gasteiger partial charge is 0.573 e. The molecule has 2 aliphatic rings. The van der Waals surface area contributed by atoms with E-state index in [1.165, 1.54) is 43.0 Å². The van der Waals surface area contributed by atoms with E-state index in [0.29, 0.717) is 57.0 Å². The summed E-state index contributed by atoms with van der Waals surface area (Å²) in [4.78, 5) is 27.7. The van der Waals surface area contributed by atoms with Crippen molar-refractivity contribution >= 4 is 11.8 Å². The first kappa shape index (κ1) is 44.4. The van der Waals surface area contributed by atoms with Crippen LogP contribution in [-0.4, -0.2) is 63.2 Å². The molecule has 18 heteroatoms. The molecular weight excluding hydrogens is 810 g/mol. The Morgan fingerprint density at radius 3 is 1.72 bits per heavy atom. The average Bonchev–Trinajstić information content (AvgIpc) is 4.15. The zero-order valence-electron chi connectivity index (χ0n) is 34.4. The van der Waals surface area contributed by atoms with Crippen LogP contribution < -0.4 is 24.3 Å². The van der Waals surface area contributed by atoms with Crippen molar-refractivity contribution in [2.45, 2.75) is 83.7 Å². The predicted molar refractivity (Wildman–Crippen MR) is 210 cm³/mol. The number of amides is 2. The van der Waals surface area contributed by atoms with E-state index in [-0.39, 0.29) is 42.9 Å². The topological polar surface area (TPSA) is 122 Å². The van der Waals surface area contributed by atoms with E-state index in [0.717, 1.165) is 42.6 Å². The molecule has 2 saturated carbocycles. The molecule has 5 aromatic rings. The van der Waals surface area contributed by atoms with E-state index in [4.69, 9.17) is 9.47 Å². The van der Waals surface area contributed by atoms with Gasteiger partial charge in [-0.3, -0.25) is 19.0 Å². The number of nitrogens with zero attached hydrogens (tertiary/aromatic N) is 5. The van der Waals surface area contributed by atoms with Crippen LogP contribution in [-0.2, 0) is 33.7 Å². The lowest BCUT2D eigenvalue weighted by molar-refractivity contribution is -0.275. The van der Waals surface area contributed by atoms with Crippen LogP contribution in [0.15, 0.2) is 66.7 Å². The maximum Gasteiger partial charge on any atom is 0.573 e. The number of carbonyl (C=O) groups is 2. The maximum atomic E-state index is 13.8. The molecule has 3 aromatic carbocycles. The van der Waals surface area contributed by atoms with Gasteiger partial charge in [-0.25, -0.2) is 0 Å². The SMILES string of the molecule is COc1ccc(CN(Cc2cccc(OC(F)(F)F)c2C)C(=O)c2cc(C3CC3)nn2C)c(OC)c1.Cc1c(CNC(=O)c2cc(C3CC3)nn2C)cccc1OC(F)(F)F. The van der Waals surface area contributed by atoms with E-state index in [1.54, 1.807) is 80.2 Å². The average molecular weight is 857 g/mol. The fourth-order valence-electron chi connectivity index (χ4n) is 6.72. The van der Waals surface area contributed by atoms with Crippen molar-refractivity contribution in [1.82, 2.24) is 29.8 Å². The summed E-state index contributed by atoms with van der Waals surface area (Å²) in [6, 6.07) is 17.6. The zero-order chi connectivity index (χ0) is 44.2. The van der Waals surface area contributed by atoms with Gasteiger partial charge in [-0.15, -0.1) is 26.3 Å². The van der Waals surface area contributed by atoms with Gasteiger partial charge in [0.1, 0.15) is 34.4 Å². The quantitative estimate of drug-likeness (QED) is 0.110. The minimum Gasteiger partial charge on any atom is -0.497 e. The fourth-order valence-corrected chi connectivity index (χ4v) is 6.72. The van der Waals surface area contributed by atoms with Crippen molar-refractivity contribution < 1.29 is 54.9 Å². The van der Waals surface area contributed by atoms with Crippen molar-refractivity contribution in [3.05, 3.63) is 117 Å². The van der Waals surface area contributed by atoms with Gasteiger partial charge < -0.3 is 29.2 Å². The number of alkyl halides is 6. The van der Waals surface area contributed by atoms with Gasteiger partial charge in [0.25, 0.3) is 11.8 Å². The molecule has 1 N–H and O–H groups in total. The summed E-state index contributed by atoms with van der Waals surface area (Å²) >= 11 is 0. The number of hydrogen-bond acceptors (Lipinski definition) is 8. The highest BCUT2D eigenvalue weighted by molar-refractivity contribution is 5.93. The van der Waals surface area contributed by atoms with Crippen LogP contribution in [0.2, 0.25) is 0 Å². The summed E-state index contributed by atoms with van der Waals surface area (Å²) in [6.07, 6.45) is -5.30. The van der Waals surface area contributed by atoms with Crippen LogP contribution in [0.5, 0.6) is 23.0 Å². The van der Waals surface area contributed by atoms with Gasteiger partial charge in [0.2, 0.25) is 0 Å². The second kappa shape index (κ2) is 18.2. The molecule has 0 aliphatic heterocycles. The van der Waals surface area contributed by atoms with Crippen LogP contribution in [0.1, 0.15) is 97.7 Å². The summed E-state index contributed by atoms with van der Waals surface area (Å²) in [5.41, 5.74) is 5.07. The Morgan fingerprint density at radius 1 is 0.689 bits per heavy atom. The Morgan fingerprint density at radius 2 is 1.20 bits per heavy atom. The van der Waals surface area contributed by atoms with Crippen molar-refractivity contribution in [2.24, 2.45) is 14.1 Å². The number of ether oxygens (including phenoxy) is 4. The Kier molecular flexibility index (Phi) is 13.2. The summed E-state index contributed by atoms with van der Waals surface area (Å²) in [6.45, 7) is 3.38. The molecular formula is C43H46F6N6O6. The van der Waals surface area contributed by atoms with Gasteiger partial charge in [0.15, 0.2) is 0 Å². The van der Waals surface area contributed by atoms with Crippen molar-refractivity contribution in [3.63, 3.8) is 0 Å². The molecule has 326 valence electrons. The van der Waals surface area contributed by atoms with Crippen LogP contribution in [0.3, 0.4) is 0 Å². The molecule has 7 rings (SSSR count). The standard InChI is InChI=1S/C26H28F3N3O4.C17H18F3N3O2/c1-16-18(6-5-7-23(16)36-26(27,28)29)14-32(15-19-10-11-20(34-3)12-24(19)35-4)25(33)22-13-21(17-8-9-17)30-31(22)2;1-10-12(4-3-5-15(10)25-17(18,19)20)9-21-16(24)14-8-13(11-6-7-11)22-23(14)2/h5-7,10-13,17H,8-9,14-15H2,1-4H3;3-5,8,11H,6-7,9H2,1-2H3,(H,21,24). The Hall–Kier alpha value is -6.20. The molecule has 2 fully saturated rings. The summed E-state index contributed by atoms with van der Waals surface area (Å²) in [5.74, 6) is 0.753. The smallest absolute Gasteiger partial charge is 0.497 e. The van der Waals surface area contributed by atoms with Crippen LogP contribution in [0.4, 0.5) is 26.3 Å². The molecule has 61 heavy (non-hydrogen) atoms. The number of hydrogen-bond donors (Lipinski definition) is 1. The Labute approximate surface area is 348 Å². The first-order valence-electron chi connectivity index (χ1n) is 19.4. The molecule has 0 spiro atoms. The number of halogens is 6. The van der Waals surface area contributed by atoms with Gasteiger partial charge in [-0.1, -0.05) is 24.3 Å². The fraction of sp³-hybridized carbons (Fsp3) is 0.395. The molecule has 2 aliphatic carbocycles. The second-order valence-corrected chi connectivity index (χ2v) is 14.9. The number of nitrogens with one attached hydrogen (secondary N) is 1. The highest BCUT2D eigenvalue weighted by atomic mass is 19.4. The van der Waals surface area contributed by atoms with Gasteiger partial charge in [0.05, 0.1) is 32.2 Å². The summed E-state index contributed by atoms with van der Waals surface area (Å²) in [5, 5.41) is 11.6. The lowest BCUT2D eigenvalue weighted by atomic mass is 10.1. The van der Waals surface area contributed by atoms with Crippen LogP contribution in [0, 0.1) is 13.8 Å². The molecule has 0 saturated heterocycles. The molecule has 0 atom stereocenters. The van der Waals surface area contributed by atoms with Gasteiger partial charge in [-0.2, -0.15) is 10.2 Å². The number of rotatable bonds is 14. The maximum absolute atomic E-state index is 13.8. The minimum absolute atomic E-state index is 0.0544. The van der Waals surface area contributed by atoms with E-state index in [2.05, 4.69) is 25.0 Å². The highest BCUT2D eigenvalue weighted by Crippen LogP contribution is 2.40. The number of carbonyl (C=O) groups excluding carboxylic acids is 2. The third-order valence-corrected chi connectivity index (χ3v) is 10.4. The predicted octanol–water partition coefficient (Wildman–Crippen LogP) is 8.80. The normalized spacial score (nSPS) is 13.8. The third kappa shape index (κ3) is 11.5. The minimum atomic E-state index is -4.82. The molecule has 2 aromatic heterocycles. The Balaban J connectivity index is 0.000000218. The first-order chi connectivity index (χ1) is 28.8. The number of methoxy groups -OCH3 is 2. The number of aryl methyl sites for hydroxylation is 2. The van der Waals surface area contributed by atoms with E-state index in [1.807, 2.05) is 0 Å². The molecule has 2 heterocycles. The zero-order valence-corrected chi connectivity index (χ0v) is 34.4. The molecule has 0 radical (unpaired) electrons. The second-order valence-electron chi connectivity index (χ2n) is 14.9. The van der Waals surface area contributed by atoms with E-state index >= 15 is 0 Å². The number of aromatic nitrogens is 4. The lowest BCUT2D eigenvalue weighted by Gasteiger charge is -2.25. The first-order valence-corrected chi connectivity index (χ1v) is 19.4. The summed E-state index contributed by atoms with van der Waals surface area (Å²) in [7, 11) is 6.48. The molecule has 0 bridgehead atoms. The molecule has 2 amide bonds. The van der Waals surface area contributed by atoms with Crippen molar-refractivity contribution in [1.29, 1.82) is 0 Å². The van der Waals surface area contributed by atoms with Crippen molar-refractivity contribution in [2.75, 3.05) is 14.2 Å². The van der Waals surface area contributed by atoms with Gasteiger partial charge in [0, 0.05) is 50.7 Å². The van der Waals surface area contributed by atoms with Gasteiger partial charge in [-0.05, 0) is 98.2 Å². The van der Waals surface area contributed by atoms with Crippen LogP contribution >= 0.6 is 0 Å². The van der Waals surface area contributed by atoms with E-state index in [9.17, 15) is 35.9 Å². The lowest BCUT2D eigenvalue weighted by Crippen LogP contribution is -2.32. The number of benzene rings is 3. The Bertz CT molecular complexity index is 2370. The molecule has 0 unspecified atom stereocenters. The molecule has 12 nitrogen and oxygen atoms in total.